The first-order valence-corrected chi connectivity index (χ1v) is 11.5. The van der Waals surface area contributed by atoms with Gasteiger partial charge in [-0.25, -0.2) is 9.37 Å². The Labute approximate surface area is 192 Å². The van der Waals surface area contributed by atoms with Crippen LogP contribution in [0.25, 0.3) is 0 Å². The van der Waals surface area contributed by atoms with Crippen molar-refractivity contribution in [3.63, 3.8) is 0 Å². The first-order valence-electron chi connectivity index (χ1n) is 11.5. The largest absolute Gasteiger partial charge is 0.494 e. The molecule has 0 spiro atoms. The van der Waals surface area contributed by atoms with Gasteiger partial charge in [-0.15, -0.1) is 0 Å². The Bertz CT molecular complexity index is 1020. The summed E-state index contributed by atoms with van der Waals surface area (Å²) < 4.78 is 19.0. The number of amides is 1. The number of nitrogens with zero attached hydrogens (tertiary/aromatic N) is 1. The number of aryl methyl sites for hydroxylation is 2. The summed E-state index contributed by atoms with van der Waals surface area (Å²) in [7, 11) is 1.36. The van der Waals surface area contributed by atoms with E-state index in [0.29, 0.717) is 11.5 Å². The highest BCUT2D eigenvalue weighted by atomic mass is 19.1. The molecule has 3 N–H and O–H groups in total. The van der Waals surface area contributed by atoms with Gasteiger partial charge in [0.25, 0.3) is 0 Å². The van der Waals surface area contributed by atoms with Crippen LogP contribution in [0.15, 0.2) is 30.3 Å². The molecule has 7 nitrogen and oxygen atoms in total. The zero-order chi connectivity index (χ0) is 23.4. The lowest BCUT2D eigenvalue weighted by molar-refractivity contribution is -0.138. The molecule has 1 aliphatic carbocycles. The number of carbonyl (C=O) groups is 2. The summed E-state index contributed by atoms with van der Waals surface area (Å²) in [5, 5.41) is 15.4. The predicted molar refractivity (Wildman–Crippen MR) is 122 cm³/mol. The number of carbonyl (C=O) groups excluding carboxylic acids is 1. The quantitative estimate of drug-likeness (QED) is 0.531. The average molecular weight is 456 g/mol. The monoisotopic (exact) mass is 455 g/mol. The van der Waals surface area contributed by atoms with Gasteiger partial charge in [-0.3, -0.25) is 9.59 Å². The predicted octanol–water partition coefficient (Wildman–Crippen LogP) is 3.88. The minimum atomic E-state index is -1.06. The second kappa shape index (κ2) is 10.2. The lowest BCUT2D eigenvalue weighted by Gasteiger charge is -2.35. The normalized spacial score (nSPS) is 20.1. The molecule has 4 rings (SSSR count). The van der Waals surface area contributed by atoms with Crippen LogP contribution in [0.3, 0.4) is 0 Å². The van der Waals surface area contributed by atoms with E-state index in [1.165, 1.54) is 24.8 Å². The molecule has 1 aromatic heterocycles. The van der Waals surface area contributed by atoms with Crippen LogP contribution in [0.5, 0.6) is 5.75 Å². The molecule has 0 radical (unpaired) electrons. The van der Waals surface area contributed by atoms with Gasteiger partial charge in [0.2, 0.25) is 5.91 Å². The van der Waals surface area contributed by atoms with Gasteiger partial charge in [0.1, 0.15) is 5.82 Å². The molecule has 2 heterocycles. The van der Waals surface area contributed by atoms with Crippen molar-refractivity contribution in [2.24, 2.45) is 11.8 Å². The topological polar surface area (TPSA) is 101 Å². The SMILES string of the molecule is COc1ccc([C@H](CC(=O)O)NC(=O)[C@H]2C[C@H](CCc3ccc4c(n3)NCCC4)C2)cc1F. The van der Waals surface area contributed by atoms with Gasteiger partial charge in [0.15, 0.2) is 11.6 Å². The summed E-state index contributed by atoms with van der Waals surface area (Å²) in [4.78, 5) is 28.8. The van der Waals surface area contributed by atoms with Crippen molar-refractivity contribution in [1.82, 2.24) is 10.3 Å². The number of rotatable bonds is 9. The summed E-state index contributed by atoms with van der Waals surface area (Å²) >= 11 is 0. The molecule has 1 saturated carbocycles. The van der Waals surface area contributed by atoms with Crippen LogP contribution in [0.1, 0.15) is 55.0 Å². The van der Waals surface area contributed by atoms with Crippen LogP contribution in [-0.2, 0) is 22.4 Å². The molecular weight excluding hydrogens is 425 g/mol. The van der Waals surface area contributed by atoms with Crippen LogP contribution in [0, 0.1) is 17.7 Å². The number of nitrogens with one attached hydrogen (secondary N) is 2. The van der Waals surface area contributed by atoms with Crippen LogP contribution in [0.4, 0.5) is 10.2 Å². The number of carboxylic acids is 1. The minimum absolute atomic E-state index is 0.0742. The number of aromatic nitrogens is 1. The van der Waals surface area contributed by atoms with Crippen molar-refractivity contribution >= 4 is 17.7 Å². The minimum Gasteiger partial charge on any atom is -0.494 e. The Morgan fingerprint density at radius 3 is 2.85 bits per heavy atom. The van der Waals surface area contributed by atoms with Gasteiger partial charge >= 0.3 is 5.97 Å². The number of ether oxygens (including phenoxy) is 1. The lowest BCUT2D eigenvalue weighted by atomic mass is 9.72. The summed E-state index contributed by atoms with van der Waals surface area (Å²) in [5.41, 5.74) is 2.75. The number of aliphatic carboxylic acids is 1. The molecule has 2 aliphatic rings. The second-order valence-electron chi connectivity index (χ2n) is 8.97. The molecule has 8 heteroatoms. The van der Waals surface area contributed by atoms with E-state index in [0.717, 1.165) is 56.6 Å². The molecule has 0 unspecified atom stereocenters. The Hall–Kier alpha value is -3.16. The zero-order valence-electron chi connectivity index (χ0n) is 18.8. The molecule has 0 bridgehead atoms. The zero-order valence-corrected chi connectivity index (χ0v) is 18.8. The first-order chi connectivity index (χ1) is 15.9. The van der Waals surface area contributed by atoms with Gasteiger partial charge in [-0.1, -0.05) is 12.1 Å². The van der Waals surface area contributed by atoms with E-state index in [2.05, 4.69) is 22.8 Å². The Morgan fingerprint density at radius 1 is 1.30 bits per heavy atom. The maximum absolute atomic E-state index is 14.1. The van der Waals surface area contributed by atoms with E-state index in [1.54, 1.807) is 6.07 Å². The molecule has 33 heavy (non-hydrogen) atoms. The van der Waals surface area contributed by atoms with Crippen molar-refractivity contribution in [3.05, 3.63) is 53.0 Å². The number of carboxylic acid groups (broad SMARTS) is 1. The summed E-state index contributed by atoms with van der Waals surface area (Å²) in [6, 6.07) is 7.71. The highest BCUT2D eigenvalue weighted by Crippen LogP contribution is 2.38. The van der Waals surface area contributed by atoms with Crippen LogP contribution < -0.4 is 15.4 Å². The van der Waals surface area contributed by atoms with Gasteiger partial charge in [-0.2, -0.15) is 0 Å². The summed E-state index contributed by atoms with van der Waals surface area (Å²) in [6.45, 7) is 0.967. The van der Waals surface area contributed by atoms with E-state index in [4.69, 9.17) is 9.72 Å². The van der Waals surface area contributed by atoms with Crippen molar-refractivity contribution < 1.29 is 23.8 Å². The molecular formula is C25H30FN3O4. The molecule has 2 aromatic rings. The average Bonchev–Trinajstić information content (AvgIpc) is 2.77. The molecule has 1 aliphatic heterocycles. The highest BCUT2D eigenvalue weighted by molar-refractivity contribution is 5.81. The number of anilines is 1. The molecule has 0 saturated heterocycles. The number of benzene rings is 1. The highest BCUT2D eigenvalue weighted by Gasteiger charge is 2.35. The third-order valence-corrected chi connectivity index (χ3v) is 6.64. The molecule has 1 amide bonds. The fourth-order valence-corrected chi connectivity index (χ4v) is 4.66. The number of pyridine rings is 1. The van der Waals surface area contributed by atoms with E-state index < -0.39 is 17.8 Å². The van der Waals surface area contributed by atoms with Gasteiger partial charge in [0, 0.05) is 18.2 Å². The number of methoxy groups -OCH3 is 1. The van der Waals surface area contributed by atoms with Gasteiger partial charge < -0.3 is 20.5 Å². The third-order valence-electron chi connectivity index (χ3n) is 6.64. The Balaban J connectivity index is 1.28. The van der Waals surface area contributed by atoms with Crippen molar-refractivity contribution in [1.29, 1.82) is 0 Å². The Morgan fingerprint density at radius 2 is 2.12 bits per heavy atom. The van der Waals surface area contributed by atoms with Crippen molar-refractivity contribution in [2.45, 2.75) is 51.0 Å². The number of fused-ring (bicyclic) bond motifs is 1. The van der Waals surface area contributed by atoms with E-state index in [-0.39, 0.29) is 24.0 Å². The fourth-order valence-electron chi connectivity index (χ4n) is 4.66. The molecule has 1 atom stereocenters. The van der Waals surface area contributed by atoms with Crippen molar-refractivity contribution in [3.8, 4) is 5.75 Å². The maximum atomic E-state index is 14.1. The number of hydrogen-bond donors (Lipinski definition) is 3. The maximum Gasteiger partial charge on any atom is 0.305 e. The lowest BCUT2D eigenvalue weighted by Crippen LogP contribution is -2.41. The van der Waals surface area contributed by atoms with Gasteiger partial charge in [-0.05, 0) is 73.8 Å². The second-order valence-corrected chi connectivity index (χ2v) is 8.97. The standard InChI is InChI=1S/C25H30FN3O4/c1-33-22-9-6-17(13-20(22)26)21(14-23(30)31)29-25(32)18-11-15(12-18)4-7-19-8-5-16-3-2-10-27-24(16)28-19/h5-6,8-9,13,15,18,21H,2-4,7,10-12,14H2,1H3,(H,27,28)(H,29,32)(H,30,31)/t15-,18-,21-/m0/s1. The van der Waals surface area contributed by atoms with Crippen LogP contribution in [-0.4, -0.2) is 35.6 Å². The summed E-state index contributed by atoms with van der Waals surface area (Å²) in [5.74, 6) is -0.445. The van der Waals surface area contributed by atoms with Crippen LogP contribution in [0.2, 0.25) is 0 Å². The Kier molecular flexibility index (Phi) is 7.11. The number of hydrogen-bond acceptors (Lipinski definition) is 5. The molecule has 176 valence electrons. The van der Waals surface area contributed by atoms with E-state index >= 15 is 0 Å². The van der Waals surface area contributed by atoms with E-state index in [1.807, 2.05) is 0 Å². The number of halogens is 1. The molecule has 1 fully saturated rings. The van der Waals surface area contributed by atoms with Gasteiger partial charge in [0.05, 0.1) is 19.6 Å². The third kappa shape index (κ3) is 5.61. The van der Waals surface area contributed by atoms with Crippen molar-refractivity contribution in [2.75, 3.05) is 19.0 Å². The first kappa shape index (κ1) is 23.0. The molecule has 1 aromatic carbocycles. The van der Waals surface area contributed by atoms with Crippen LogP contribution >= 0.6 is 0 Å². The van der Waals surface area contributed by atoms with E-state index in [9.17, 15) is 19.1 Å². The smallest absolute Gasteiger partial charge is 0.305 e. The summed E-state index contributed by atoms with van der Waals surface area (Å²) in [6.07, 6.45) is 5.28. The fraction of sp³-hybridized carbons (Fsp3) is 0.480.